The molecule has 0 aromatic carbocycles. The number of hydrogen-bond acceptors (Lipinski definition) is 4. The normalized spacial score (nSPS) is 11.3. The van der Waals surface area contributed by atoms with Gasteiger partial charge in [-0.3, -0.25) is 0 Å². The Morgan fingerprint density at radius 2 is 2.12 bits per heavy atom. The molecule has 0 aliphatic rings. The summed E-state index contributed by atoms with van der Waals surface area (Å²) in [6.07, 6.45) is 3.88. The van der Waals surface area contributed by atoms with E-state index in [9.17, 15) is 0 Å². The summed E-state index contributed by atoms with van der Waals surface area (Å²) >= 11 is 0. The fourth-order valence-corrected chi connectivity index (χ4v) is 1.30. The third kappa shape index (κ3) is 3.98. The van der Waals surface area contributed by atoms with E-state index in [1.54, 1.807) is 0 Å². The Morgan fingerprint density at radius 1 is 1.38 bits per heavy atom. The van der Waals surface area contributed by atoms with Crippen molar-refractivity contribution in [3.8, 4) is 0 Å². The summed E-state index contributed by atoms with van der Waals surface area (Å²) in [5.41, 5.74) is 7.41. The van der Waals surface area contributed by atoms with Gasteiger partial charge in [0.1, 0.15) is 0 Å². The van der Waals surface area contributed by atoms with Crippen LogP contribution < -0.4 is 11.1 Å². The van der Waals surface area contributed by atoms with Gasteiger partial charge in [0.15, 0.2) is 0 Å². The predicted molar refractivity (Wildman–Crippen MR) is 67.5 cm³/mol. The number of aromatic nitrogens is 2. The molecular weight excluding hydrogens is 200 g/mol. The van der Waals surface area contributed by atoms with Crippen LogP contribution in [0.25, 0.3) is 0 Å². The standard InChI is InChI=1S/C12H20N4/c1-9(2)11-8-10(3)15-12(16-11)14-7-5-4-6-13/h4-5,8-9H,6-7,13H2,1-3H3,(H,14,15,16)/b5-4+. The average molecular weight is 220 g/mol. The number of nitrogens with two attached hydrogens (primary N) is 1. The van der Waals surface area contributed by atoms with Crippen molar-refractivity contribution < 1.29 is 0 Å². The lowest BCUT2D eigenvalue weighted by molar-refractivity contribution is 0.810. The largest absolute Gasteiger partial charge is 0.351 e. The maximum Gasteiger partial charge on any atom is 0.223 e. The molecule has 3 N–H and O–H groups in total. The van der Waals surface area contributed by atoms with Crippen molar-refractivity contribution in [3.63, 3.8) is 0 Å². The van der Waals surface area contributed by atoms with Crippen LogP contribution in [0.5, 0.6) is 0 Å². The minimum Gasteiger partial charge on any atom is -0.351 e. The van der Waals surface area contributed by atoms with Crippen molar-refractivity contribution >= 4 is 5.95 Å². The second kappa shape index (κ2) is 6.23. The molecule has 0 radical (unpaired) electrons. The van der Waals surface area contributed by atoms with E-state index in [0.717, 1.165) is 11.4 Å². The zero-order valence-corrected chi connectivity index (χ0v) is 10.2. The van der Waals surface area contributed by atoms with Gasteiger partial charge < -0.3 is 11.1 Å². The SMILES string of the molecule is Cc1cc(C(C)C)nc(NC/C=C/CN)n1. The molecule has 1 aromatic rings. The molecule has 0 saturated carbocycles. The first-order chi connectivity index (χ1) is 7.63. The smallest absolute Gasteiger partial charge is 0.223 e. The number of aryl methyl sites for hydroxylation is 1. The van der Waals surface area contributed by atoms with Crippen molar-refractivity contribution in [2.24, 2.45) is 5.73 Å². The molecule has 0 unspecified atom stereocenters. The van der Waals surface area contributed by atoms with E-state index in [2.05, 4.69) is 29.1 Å². The topological polar surface area (TPSA) is 63.8 Å². The molecule has 0 spiro atoms. The molecule has 16 heavy (non-hydrogen) atoms. The second-order valence-corrected chi connectivity index (χ2v) is 4.00. The van der Waals surface area contributed by atoms with Crippen LogP contribution >= 0.6 is 0 Å². The molecule has 4 heteroatoms. The van der Waals surface area contributed by atoms with Gasteiger partial charge in [-0.15, -0.1) is 0 Å². The lowest BCUT2D eigenvalue weighted by Gasteiger charge is -2.08. The zero-order valence-electron chi connectivity index (χ0n) is 10.2. The van der Waals surface area contributed by atoms with Crippen LogP contribution in [0.3, 0.4) is 0 Å². The first-order valence-electron chi connectivity index (χ1n) is 5.58. The summed E-state index contributed by atoms with van der Waals surface area (Å²) in [7, 11) is 0. The number of rotatable bonds is 5. The lowest BCUT2D eigenvalue weighted by Crippen LogP contribution is -2.07. The Kier molecular flexibility index (Phi) is 4.92. The Balaban J connectivity index is 2.69. The summed E-state index contributed by atoms with van der Waals surface area (Å²) in [6.45, 7) is 7.50. The molecular formula is C12H20N4. The molecule has 1 heterocycles. The van der Waals surface area contributed by atoms with Crippen LogP contribution in [-0.4, -0.2) is 23.1 Å². The van der Waals surface area contributed by atoms with Gasteiger partial charge >= 0.3 is 0 Å². The highest BCUT2D eigenvalue weighted by molar-refractivity contribution is 5.29. The van der Waals surface area contributed by atoms with Gasteiger partial charge in [0.2, 0.25) is 5.95 Å². The number of anilines is 1. The highest BCUT2D eigenvalue weighted by Crippen LogP contribution is 2.14. The van der Waals surface area contributed by atoms with E-state index in [0.29, 0.717) is 25.0 Å². The molecule has 0 fully saturated rings. The summed E-state index contributed by atoms with van der Waals surface area (Å²) in [5, 5.41) is 3.15. The van der Waals surface area contributed by atoms with Crippen molar-refractivity contribution in [1.82, 2.24) is 9.97 Å². The summed E-state index contributed by atoms with van der Waals surface area (Å²) < 4.78 is 0. The van der Waals surface area contributed by atoms with Gasteiger partial charge in [-0.25, -0.2) is 9.97 Å². The van der Waals surface area contributed by atoms with Gasteiger partial charge in [-0.1, -0.05) is 26.0 Å². The third-order valence-corrected chi connectivity index (χ3v) is 2.15. The molecule has 0 atom stereocenters. The van der Waals surface area contributed by atoms with Crippen LogP contribution in [0, 0.1) is 6.92 Å². The molecule has 0 aliphatic carbocycles. The fourth-order valence-electron chi connectivity index (χ4n) is 1.30. The molecule has 0 saturated heterocycles. The first-order valence-corrected chi connectivity index (χ1v) is 5.58. The number of nitrogens with one attached hydrogen (secondary N) is 1. The van der Waals surface area contributed by atoms with Crippen LogP contribution in [-0.2, 0) is 0 Å². The van der Waals surface area contributed by atoms with E-state index >= 15 is 0 Å². The number of nitrogens with zero attached hydrogens (tertiary/aromatic N) is 2. The van der Waals surface area contributed by atoms with Crippen LogP contribution in [0.1, 0.15) is 31.2 Å². The highest BCUT2D eigenvalue weighted by Gasteiger charge is 2.04. The Morgan fingerprint density at radius 3 is 2.75 bits per heavy atom. The number of hydrogen-bond donors (Lipinski definition) is 2. The fraction of sp³-hybridized carbons (Fsp3) is 0.500. The third-order valence-electron chi connectivity index (χ3n) is 2.15. The summed E-state index contributed by atoms with van der Waals surface area (Å²) in [6, 6.07) is 2.02. The quantitative estimate of drug-likeness (QED) is 0.743. The van der Waals surface area contributed by atoms with E-state index in [1.807, 2.05) is 25.1 Å². The molecule has 88 valence electrons. The lowest BCUT2D eigenvalue weighted by atomic mass is 10.1. The Hall–Kier alpha value is -1.42. The van der Waals surface area contributed by atoms with E-state index in [4.69, 9.17) is 5.73 Å². The van der Waals surface area contributed by atoms with E-state index in [-0.39, 0.29) is 0 Å². The van der Waals surface area contributed by atoms with Gasteiger partial charge in [0.25, 0.3) is 0 Å². The maximum atomic E-state index is 5.35. The molecule has 0 amide bonds. The molecule has 0 aliphatic heterocycles. The molecule has 1 rings (SSSR count). The van der Waals surface area contributed by atoms with Crippen molar-refractivity contribution in [2.75, 3.05) is 18.4 Å². The minimum atomic E-state index is 0.418. The highest BCUT2D eigenvalue weighted by atomic mass is 15.1. The predicted octanol–water partition coefficient (Wildman–Crippen LogP) is 1.84. The van der Waals surface area contributed by atoms with E-state index < -0.39 is 0 Å². The van der Waals surface area contributed by atoms with Gasteiger partial charge in [0.05, 0.1) is 0 Å². The van der Waals surface area contributed by atoms with Gasteiger partial charge in [0, 0.05) is 24.5 Å². The monoisotopic (exact) mass is 220 g/mol. The molecule has 1 aromatic heterocycles. The van der Waals surface area contributed by atoms with Crippen molar-refractivity contribution in [3.05, 3.63) is 29.6 Å². The van der Waals surface area contributed by atoms with Crippen LogP contribution in [0.15, 0.2) is 18.2 Å². The van der Waals surface area contributed by atoms with E-state index in [1.165, 1.54) is 0 Å². The second-order valence-electron chi connectivity index (χ2n) is 4.00. The molecule has 0 bridgehead atoms. The summed E-state index contributed by atoms with van der Waals surface area (Å²) in [5.74, 6) is 1.10. The summed E-state index contributed by atoms with van der Waals surface area (Å²) in [4.78, 5) is 8.77. The van der Waals surface area contributed by atoms with Gasteiger partial charge in [-0.2, -0.15) is 0 Å². The van der Waals surface area contributed by atoms with Gasteiger partial charge in [-0.05, 0) is 18.9 Å². The van der Waals surface area contributed by atoms with Crippen LogP contribution in [0.4, 0.5) is 5.95 Å². The minimum absolute atomic E-state index is 0.418. The zero-order chi connectivity index (χ0) is 12.0. The van der Waals surface area contributed by atoms with Crippen molar-refractivity contribution in [1.29, 1.82) is 0 Å². The van der Waals surface area contributed by atoms with Crippen LogP contribution in [0.2, 0.25) is 0 Å². The maximum absolute atomic E-state index is 5.35. The Bertz CT molecular complexity index is 358. The average Bonchev–Trinajstić information content (AvgIpc) is 2.23. The van der Waals surface area contributed by atoms with Crippen molar-refractivity contribution in [2.45, 2.75) is 26.7 Å². The first kappa shape index (κ1) is 12.6. The molecule has 4 nitrogen and oxygen atoms in total. The Labute approximate surface area is 97.0 Å².